The lowest BCUT2D eigenvalue weighted by molar-refractivity contribution is -0.130. The van der Waals surface area contributed by atoms with Gasteiger partial charge in [0.15, 0.2) is 11.6 Å². The number of cyclic esters (lactones) is 1. The summed E-state index contributed by atoms with van der Waals surface area (Å²) in [6.45, 7) is 2.48. The molecule has 0 spiro atoms. The fourth-order valence-corrected chi connectivity index (χ4v) is 2.52. The van der Waals surface area contributed by atoms with Gasteiger partial charge in [0.2, 0.25) is 0 Å². The van der Waals surface area contributed by atoms with Crippen LogP contribution in [0.4, 0.5) is 4.39 Å². The normalized spacial score (nSPS) is 15.2. The summed E-state index contributed by atoms with van der Waals surface area (Å²) in [5.41, 5.74) is 1.61. The average molecular weight is 339 g/mol. The Hall–Kier alpha value is -2.95. The summed E-state index contributed by atoms with van der Waals surface area (Å²) in [6, 6.07) is 13.9. The molecule has 0 saturated carbocycles. The molecule has 2 aromatic rings. The number of hydrogen-bond acceptors (Lipinski definition) is 4. The first-order valence-corrected chi connectivity index (χ1v) is 8.13. The number of benzene rings is 2. The van der Waals surface area contributed by atoms with Crippen molar-refractivity contribution in [1.82, 2.24) is 0 Å². The zero-order valence-electron chi connectivity index (χ0n) is 13.9. The van der Waals surface area contributed by atoms with Crippen molar-refractivity contribution >= 4 is 17.9 Å². The van der Waals surface area contributed by atoms with Crippen molar-refractivity contribution in [3.05, 3.63) is 71.2 Å². The topological polar surface area (TPSA) is 47.9 Å². The van der Waals surface area contributed by atoms with Crippen molar-refractivity contribution in [3.63, 3.8) is 0 Å². The van der Waals surface area contributed by atoms with Gasteiger partial charge in [-0.1, -0.05) is 30.3 Å². The first-order chi connectivity index (χ1) is 12.2. The molecule has 0 N–H and O–H groups in total. The molecule has 0 unspecified atom stereocenters. The molecule has 1 heterocycles. The van der Waals surface area contributed by atoms with E-state index in [0.29, 0.717) is 30.9 Å². The predicted octanol–water partition coefficient (Wildman–Crippen LogP) is 4.15. The maximum Gasteiger partial charge on any atom is 0.363 e. The number of halogens is 1. The molecule has 0 amide bonds. The summed E-state index contributed by atoms with van der Waals surface area (Å²) in [4.78, 5) is 16.2. The van der Waals surface area contributed by atoms with Crippen LogP contribution in [0.3, 0.4) is 0 Å². The number of ether oxygens (including phenoxy) is 2. The third-order valence-corrected chi connectivity index (χ3v) is 3.70. The molecule has 2 aromatic carbocycles. The summed E-state index contributed by atoms with van der Waals surface area (Å²) >= 11 is 0. The molecular weight excluding hydrogens is 321 g/mol. The highest BCUT2D eigenvalue weighted by molar-refractivity contribution is 6.07. The number of aliphatic imine (C=N–C) groups is 1. The Morgan fingerprint density at radius 2 is 2.00 bits per heavy atom. The highest BCUT2D eigenvalue weighted by Gasteiger charge is 2.22. The number of hydrogen-bond donors (Lipinski definition) is 0. The van der Waals surface area contributed by atoms with Gasteiger partial charge >= 0.3 is 5.97 Å². The van der Waals surface area contributed by atoms with Crippen LogP contribution in [0.15, 0.2) is 59.2 Å². The summed E-state index contributed by atoms with van der Waals surface area (Å²) in [7, 11) is 0. The first-order valence-electron chi connectivity index (χ1n) is 8.13. The van der Waals surface area contributed by atoms with Gasteiger partial charge in [-0.05, 0) is 48.7 Å². The standard InChI is InChI=1S/C20H18FNO3/c1-2-24-16-8-5-6-14(12-16)13-18-20(23)25-19(22-18)11-10-15-7-3-4-9-17(15)21/h3-9,12-13H,2,10-11H2,1H3/b18-13+. The van der Waals surface area contributed by atoms with E-state index in [1.54, 1.807) is 24.3 Å². The van der Waals surface area contributed by atoms with Gasteiger partial charge in [-0.3, -0.25) is 0 Å². The van der Waals surface area contributed by atoms with Crippen LogP contribution in [0.5, 0.6) is 5.75 Å². The van der Waals surface area contributed by atoms with E-state index in [9.17, 15) is 9.18 Å². The molecule has 4 nitrogen and oxygen atoms in total. The molecule has 5 heteroatoms. The lowest BCUT2D eigenvalue weighted by atomic mass is 10.1. The van der Waals surface area contributed by atoms with Gasteiger partial charge in [0.05, 0.1) is 6.61 Å². The minimum atomic E-state index is -0.495. The van der Waals surface area contributed by atoms with Crippen LogP contribution < -0.4 is 4.74 Å². The minimum absolute atomic E-state index is 0.234. The van der Waals surface area contributed by atoms with Crippen molar-refractivity contribution < 1.29 is 18.7 Å². The number of nitrogens with zero attached hydrogens (tertiary/aromatic N) is 1. The molecule has 0 atom stereocenters. The summed E-state index contributed by atoms with van der Waals surface area (Å²) < 4.78 is 24.2. The van der Waals surface area contributed by atoms with Crippen LogP contribution in [-0.4, -0.2) is 18.5 Å². The molecule has 0 radical (unpaired) electrons. The Morgan fingerprint density at radius 1 is 1.16 bits per heavy atom. The third kappa shape index (κ3) is 4.32. The van der Waals surface area contributed by atoms with Crippen LogP contribution in [0.25, 0.3) is 6.08 Å². The largest absolute Gasteiger partial charge is 0.494 e. The Morgan fingerprint density at radius 3 is 2.80 bits per heavy atom. The number of carbonyl (C=O) groups is 1. The highest BCUT2D eigenvalue weighted by Crippen LogP contribution is 2.21. The third-order valence-electron chi connectivity index (χ3n) is 3.70. The van der Waals surface area contributed by atoms with Gasteiger partial charge in [-0.15, -0.1) is 0 Å². The molecule has 128 valence electrons. The SMILES string of the molecule is CCOc1cccc(/C=C2/N=C(CCc3ccccc3F)OC2=O)c1. The molecule has 0 aliphatic carbocycles. The van der Waals surface area contributed by atoms with Crippen LogP contribution in [-0.2, 0) is 16.0 Å². The van der Waals surface area contributed by atoms with E-state index in [-0.39, 0.29) is 11.5 Å². The second-order valence-electron chi connectivity index (χ2n) is 5.52. The molecule has 1 aliphatic rings. The van der Waals surface area contributed by atoms with Gasteiger partial charge in [0.25, 0.3) is 0 Å². The Balaban J connectivity index is 1.71. The van der Waals surface area contributed by atoms with Crippen molar-refractivity contribution in [2.75, 3.05) is 6.61 Å². The van der Waals surface area contributed by atoms with E-state index in [4.69, 9.17) is 9.47 Å². The Labute approximate surface area is 145 Å². The predicted molar refractivity (Wildman–Crippen MR) is 93.8 cm³/mol. The van der Waals surface area contributed by atoms with Crippen molar-refractivity contribution in [3.8, 4) is 5.75 Å². The molecule has 0 saturated heterocycles. The molecule has 0 bridgehead atoms. The number of aryl methyl sites for hydroxylation is 1. The monoisotopic (exact) mass is 339 g/mol. The van der Waals surface area contributed by atoms with Crippen molar-refractivity contribution in [1.29, 1.82) is 0 Å². The van der Waals surface area contributed by atoms with Crippen LogP contribution in [0.2, 0.25) is 0 Å². The van der Waals surface area contributed by atoms with Crippen LogP contribution in [0, 0.1) is 5.82 Å². The lowest BCUT2D eigenvalue weighted by Gasteiger charge is -2.03. The van der Waals surface area contributed by atoms with Gasteiger partial charge in [-0.2, -0.15) is 0 Å². The van der Waals surface area contributed by atoms with E-state index in [1.807, 2.05) is 31.2 Å². The van der Waals surface area contributed by atoms with Crippen molar-refractivity contribution in [2.45, 2.75) is 19.8 Å². The fourth-order valence-electron chi connectivity index (χ4n) is 2.52. The number of rotatable bonds is 6. The summed E-state index contributed by atoms with van der Waals surface area (Å²) in [5, 5.41) is 0. The average Bonchev–Trinajstić information content (AvgIpc) is 2.94. The van der Waals surface area contributed by atoms with Gasteiger partial charge in [0, 0.05) is 6.42 Å². The summed E-state index contributed by atoms with van der Waals surface area (Å²) in [6.07, 6.45) is 2.44. The maximum absolute atomic E-state index is 13.6. The zero-order chi connectivity index (χ0) is 17.6. The molecule has 0 aromatic heterocycles. The Bertz CT molecular complexity index is 842. The molecule has 3 rings (SSSR count). The quantitative estimate of drug-likeness (QED) is 0.587. The zero-order valence-corrected chi connectivity index (χ0v) is 13.9. The molecule has 25 heavy (non-hydrogen) atoms. The molecular formula is C20H18FNO3. The van der Waals surface area contributed by atoms with Crippen molar-refractivity contribution in [2.24, 2.45) is 4.99 Å². The van der Waals surface area contributed by atoms with Gasteiger partial charge in [0.1, 0.15) is 11.6 Å². The smallest absolute Gasteiger partial charge is 0.363 e. The van der Waals surface area contributed by atoms with Gasteiger partial charge < -0.3 is 9.47 Å². The Kier molecular flexibility index (Phi) is 5.23. The van der Waals surface area contributed by atoms with E-state index in [1.165, 1.54) is 6.07 Å². The number of carbonyl (C=O) groups excluding carboxylic acids is 1. The van der Waals surface area contributed by atoms with E-state index in [2.05, 4.69) is 4.99 Å². The minimum Gasteiger partial charge on any atom is -0.494 e. The van der Waals surface area contributed by atoms with E-state index < -0.39 is 5.97 Å². The number of esters is 1. The van der Waals surface area contributed by atoms with Gasteiger partial charge in [-0.25, -0.2) is 14.2 Å². The second kappa shape index (κ2) is 7.75. The second-order valence-corrected chi connectivity index (χ2v) is 5.52. The van der Waals surface area contributed by atoms with E-state index in [0.717, 1.165) is 11.3 Å². The van der Waals surface area contributed by atoms with Crippen LogP contribution >= 0.6 is 0 Å². The van der Waals surface area contributed by atoms with Crippen LogP contribution in [0.1, 0.15) is 24.5 Å². The highest BCUT2D eigenvalue weighted by atomic mass is 19.1. The molecule has 1 aliphatic heterocycles. The lowest BCUT2D eigenvalue weighted by Crippen LogP contribution is -2.05. The van der Waals surface area contributed by atoms with E-state index >= 15 is 0 Å². The maximum atomic E-state index is 13.6. The molecule has 0 fully saturated rings. The summed E-state index contributed by atoms with van der Waals surface area (Å²) in [5.74, 6) is 0.272. The first kappa shape index (κ1) is 16.9. The fraction of sp³-hybridized carbons (Fsp3) is 0.200.